The van der Waals surface area contributed by atoms with Gasteiger partial charge < -0.3 is 15.3 Å². The fourth-order valence-corrected chi connectivity index (χ4v) is 3.39. The summed E-state index contributed by atoms with van der Waals surface area (Å²) < 4.78 is 1.14. The minimum atomic E-state index is -1.10. The Labute approximate surface area is 141 Å². The predicted molar refractivity (Wildman–Crippen MR) is 90.0 cm³/mol. The molecule has 5 nitrogen and oxygen atoms in total. The highest BCUT2D eigenvalue weighted by Gasteiger charge is 2.21. The molecule has 0 aromatic heterocycles. The molecule has 1 aromatic rings. The molecule has 7 heteroatoms. The van der Waals surface area contributed by atoms with Gasteiger partial charge in [0, 0.05) is 22.0 Å². The number of carbonyl (C=O) groups excluding carboxylic acids is 1. The molecule has 116 valence electrons. The van der Waals surface area contributed by atoms with E-state index in [1.54, 1.807) is 18.0 Å². The molecule has 0 atom stereocenters. The molecule has 0 heterocycles. The van der Waals surface area contributed by atoms with E-state index >= 15 is 0 Å². The highest BCUT2D eigenvalue weighted by molar-refractivity contribution is 9.11. The molecule has 0 aliphatic heterocycles. The monoisotopic (exact) mass is 420 g/mol. The summed E-state index contributed by atoms with van der Waals surface area (Å²) in [7, 11) is 1.71. The fraction of sp³-hybridized carbons (Fsp3) is 0.429. The molecule has 0 radical (unpaired) electrons. The molecule has 0 saturated carbocycles. The lowest BCUT2D eigenvalue weighted by Crippen LogP contribution is -2.39. The molecule has 0 bridgehead atoms. The van der Waals surface area contributed by atoms with E-state index in [9.17, 15) is 14.7 Å². The molecule has 1 rings (SSSR count). The van der Waals surface area contributed by atoms with Crippen molar-refractivity contribution in [1.82, 2.24) is 4.90 Å². The zero-order chi connectivity index (χ0) is 16.2. The van der Waals surface area contributed by atoms with Crippen molar-refractivity contribution in [3.8, 4) is 0 Å². The first-order chi connectivity index (χ1) is 9.81. The normalized spacial score (nSPS) is 10.6. The van der Waals surface area contributed by atoms with E-state index in [0.717, 1.165) is 12.8 Å². The summed E-state index contributed by atoms with van der Waals surface area (Å²) in [6.07, 6.45) is 1.68. The SMILES string of the molecule is CCC(CC)N(C)C(=O)Nc1c(Br)cc(Br)cc1C(=O)O. The number of aromatic carboxylic acids is 1. The molecule has 0 saturated heterocycles. The molecule has 0 aliphatic carbocycles. The first-order valence-electron chi connectivity index (χ1n) is 6.57. The summed E-state index contributed by atoms with van der Waals surface area (Å²) in [6, 6.07) is 2.95. The maximum atomic E-state index is 12.3. The number of hydrogen-bond acceptors (Lipinski definition) is 2. The number of nitrogens with one attached hydrogen (secondary N) is 1. The number of benzene rings is 1. The zero-order valence-corrected chi connectivity index (χ0v) is 15.3. The molecule has 0 unspecified atom stereocenters. The molecular formula is C14H18Br2N2O3. The van der Waals surface area contributed by atoms with E-state index in [-0.39, 0.29) is 23.3 Å². The van der Waals surface area contributed by atoms with Gasteiger partial charge in [-0.25, -0.2) is 9.59 Å². The highest BCUT2D eigenvalue weighted by Crippen LogP contribution is 2.31. The van der Waals surface area contributed by atoms with E-state index in [1.807, 2.05) is 13.8 Å². The number of anilines is 1. The minimum Gasteiger partial charge on any atom is -0.478 e. The quantitative estimate of drug-likeness (QED) is 0.731. The molecular weight excluding hydrogens is 404 g/mol. The number of rotatable bonds is 5. The summed E-state index contributed by atoms with van der Waals surface area (Å²) in [5.41, 5.74) is 0.288. The van der Waals surface area contributed by atoms with Gasteiger partial charge in [-0.15, -0.1) is 0 Å². The van der Waals surface area contributed by atoms with Crippen LogP contribution in [0.25, 0.3) is 0 Å². The van der Waals surface area contributed by atoms with E-state index in [2.05, 4.69) is 37.2 Å². The van der Waals surface area contributed by atoms with E-state index in [0.29, 0.717) is 8.95 Å². The lowest BCUT2D eigenvalue weighted by atomic mass is 10.1. The first-order valence-corrected chi connectivity index (χ1v) is 8.16. The van der Waals surface area contributed by atoms with E-state index < -0.39 is 5.97 Å². The van der Waals surface area contributed by atoms with Crippen LogP contribution in [0.5, 0.6) is 0 Å². The van der Waals surface area contributed by atoms with Crippen LogP contribution in [0, 0.1) is 0 Å². The van der Waals surface area contributed by atoms with Crippen LogP contribution in [-0.2, 0) is 0 Å². The van der Waals surface area contributed by atoms with Crippen molar-refractivity contribution in [2.75, 3.05) is 12.4 Å². The molecule has 0 spiro atoms. The molecule has 2 amide bonds. The van der Waals surface area contributed by atoms with Crippen molar-refractivity contribution < 1.29 is 14.7 Å². The summed E-state index contributed by atoms with van der Waals surface area (Å²) >= 11 is 6.53. The number of urea groups is 1. The third kappa shape index (κ3) is 4.44. The molecule has 0 aliphatic rings. The van der Waals surface area contributed by atoms with Crippen molar-refractivity contribution >= 4 is 49.5 Å². The number of nitrogens with zero attached hydrogens (tertiary/aromatic N) is 1. The molecule has 2 N–H and O–H groups in total. The predicted octanol–water partition coefficient (Wildman–Crippen LogP) is 4.56. The topological polar surface area (TPSA) is 69.6 Å². The Morgan fingerprint density at radius 3 is 2.33 bits per heavy atom. The number of carboxylic acid groups (broad SMARTS) is 1. The zero-order valence-electron chi connectivity index (χ0n) is 12.1. The molecule has 21 heavy (non-hydrogen) atoms. The summed E-state index contributed by atoms with van der Waals surface area (Å²) in [5.74, 6) is -1.10. The van der Waals surface area contributed by atoms with Gasteiger partial charge in [-0.2, -0.15) is 0 Å². The maximum absolute atomic E-state index is 12.3. The third-order valence-corrected chi connectivity index (χ3v) is 4.41. The number of amides is 2. The van der Waals surface area contributed by atoms with Gasteiger partial charge in [0.2, 0.25) is 0 Å². The van der Waals surface area contributed by atoms with Gasteiger partial charge in [0.1, 0.15) is 0 Å². The van der Waals surface area contributed by atoms with Crippen LogP contribution in [0.1, 0.15) is 37.0 Å². The van der Waals surface area contributed by atoms with Crippen molar-refractivity contribution in [3.05, 3.63) is 26.6 Å². The Bertz CT molecular complexity index is 545. The van der Waals surface area contributed by atoms with Crippen LogP contribution in [0.3, 0.4) is 0 Å². The summed E-state index contributed by atoms with van der Waals surface area (Å²) in [6.45, 7) is 4.02. The van der Waals surface area contributed by atoms with E-state index in [4.69, 9.17) is 0 Å². The van der Waals surface area contributed by atoms with Crippen LogP contribution in [-0.4, -0.2) is 35.1 Å². The largest absolute Gasteiger partial charge is 0.478 e. The van der Waals surface area contributed by atoms with Crippen LogP contribution >= 0.6 is 31.9 Å². The van der Waals surface area contributed by atoms with Gasteiger partial charge in [0.15, 0.2) is 0 Å². The Morgan fingerprint density at radius 2 is 1.86 bits per heavy atom. The lowest BCUT2D eigenvalue weighted by molar-refractivity contribution is 0.0698. The average molecular weight is 422 g/mol. The fourth-order valence-electron chi connectivity index (χ4n) is 2.07. The van der Waals surface area contributed by atoms with Crippen molar-refractivity contribution in [2.24, 2.45) is 0 Å². The lowest BCUT2D eigenvalue weighted by Gasteiger charge is -2.27. The summed E-state index contributed by atoms with van der Waals surface area (Å²) in [5, 5.41) is 11.9. The number of halogens is 2. The highest BCUT2D eigenvalue weighted by atomic mass is 79.9. The molecule has 1 aromatic carbocycles. The van der Waals surface area contributed by atoms with Crippen LogP contribution < -0.4 is 5.32 Å². The number of hydrogen-bond donors (Lipinski definition) is 2. The summed E-state index contributed by atoms with van der Waals surface area (Å²) in [4.78, 5) is 25.2. The number of carboxylic acids is 1. The van der Waals surface area contributed by atoms with Crippen molar-refractivity contribution in [1.29, 1.82) is 0 Å². The Balaban J connectivity index is 3.07. The van der Waals surface area contributed by atoms with Gasteiger partial charge in [-0.05, 0) is 40.9 Å². The van der Waals surface area contributed by atoms with Gasteiger partial charge in [-0.1, -0.05) is 29.8 Å². The van der Waals surface area contributed by atoms with Gasteiger partial charge >= 0.3 is 12.0 Å². The second-order valence-corrected chi connectivity index (χ2v) is 6.40. The van der Waals surface area contributed by atoms with Gasteiger partial charge in [-0.3, -0.25) is 0 Å². The second kappa shape index (κ2) is 7.79. The van der Waals surface area contributed by atoms with Gasteiger partial charge in [0.05, 0.1) is 11.3 Å². The van der Waals surface area contributed by atoms with Crippen LogP contribution in [0.4, 0.5) is 10.5 Å². The maximum Gasteiger partial charge on any atom is 0.337 e. The van der Waals surface area contributed by atoms with Crippen LogP contribution in [0.2, 0.25) is 0 Å². The standard InChI is InChI=1S/C14H18Br2N2O3/c1-4-9(5-2)18(3)14(21)17-12-10(13(19)20)6-8(15)7-11(12)16/h6-7,9H,4-5H2,1-3H3,(H,17,21)(H,19,20). The Kier molecular flexibility index (Phi) is 6.67. The van der Waals surface area contributed by atoms with Crippen LogP contribution in [0.15, 0.2) is 21.1 Å². The van der Waals surface area contributed by atoms with Gasteiger partial charge in [0.25, 0.3) is 0 Å². The number of carbonyl (C=O) groups is 2. The first kappa shape index (κ1) is 18.0. The van der Waals surface area contributed by atoms with E-state index in [1.165, 1.54) is 6.07 Å². The van der Waals surface area contributed by atoms with Crippen molar-refractivity contribution in [3.63, 3.8) is 0 Å². The third-order valence-electron chi connectivity index (χ3n) is 3.33. The minimum absolute atomic E-state index is 0.0301. The smallest absolute Gasteiger partial charge is 0.337 e. The molecule has 0 fully saturated rings. The van der Waals surface area contributed by atoms with Crippen molar-refractivity contribution in [2.45, 2.75) is 32.7 Å². The second-order valence-electron chi connectivity index (χ2n) is 4.63. The Morgan fingerprint density at radius 1 is 1.29 bits per heavy atom. The average Bonchev–Trinajstić information content (AvgIpc) is 2.42. The Hall–Kier alpha value is -1.08.